The van der Waals surface area contributed by atoms with Gasteiger partial charge in [0.1, 0.15) is 11.6 Å². The molecule has 1 aliphatic rings. The maximum atomic E-state index is 14.4. The van der Waals surface area contributed by atoms with Gasteiger partial charge in [-0.15, -0.1) is 0 Å². The molecule has 3 aromatic rings. The molecule has 0 atom stereocenters. The smallest absolute Gasteiger partial charge is 0.312 e. The maximum absolute atomic E-state index is 14.4. The zero-order valence-electron chi connectivity index (χ0n) is 14.1. The second kappa shape index (κ2) is 6.62. The Balaban J connectivity index is 1.58. The van der Waals surface area contributed by atoms with Crippen molar-refractivity contribution in [3.63, 3.8) is 0 Å². The quantitative estimate of drug-likeness (QED) is 0.672. The average molecular weight is 354 g/mol. The van der Waals surface area contributed by atoms with E-state index in [0.717, 1.165) is 23.9 Å². The largest absolute Gasteiger partial charge is 0.356 e. The van der Waals surface area contributed by atoms with Crippen LogP contribution in [0.2, 0.25) is 0 Å². The van der Waals surface area contributed by atoms with Gasteiger partial charge in [-0.25, -0.2) is 19.2 Å². The standard InChI is InChI=1S/C18H19FN6O/c19-13-10-21-16(25-7-5-11(6-8-25)22-18(20)26)9-12(13)17-23-14-3-1-2-4-15(14)24-17/h1-4,9-11H,5-8H2,(H,23,24)(H3,20,22,26). The van der Waals surface area contributed by atoms with Crippen LogP contribution in [0.25, 0.3) is 22.4 Å². The number of halogens is 1. The van der Waals surface area contributed by atoms with E-state index in [0.29, 0.717) is 30.3 Å². The van der Waals surface area contributed by atoms with Gasteiger partial charge in [0.05, 0.1) is 22.8 Å². The van der Waals surface area contributed by atoms with Crippen molar-refractivity contribution < 1.29 is 9.18 Å². The van der Waals surface area contributed by atoms with Gasteiger partial charge in [0.15, 0.2) is 5.82 Å². The summed E-state index contributed by atoms with van der Waals surface area (Å²) in [6.07, 6.45) is 2.76. The van der Waals surface area contributed by atoms with Gasteiger partial charge in [-0.1, -0.05) is 12.1 Å². The number of primary amides is 1. The predicted octanol–water partition coefficient (Wildman–Crippen LogP) is 2.40. The van der Waals surface area contributed by atoms with E-state index in [9.17, 15) is 9.18 Å². The molecule has 0 bridgehead atoms. The number of carbonyl (C=O) groups excluding carboxylic acids is 1. The molecular weight excluding hydrogens is 335 g/mol. The Labute approximate surface area is 149 Å². The lowest BCUT2D eigenvalue weighted by Crippen LogP contribution is -2.46. The van der Waals surface area contributed by atoms with Crippen LogP contribution in [0.1, 0.15) is 12.8 Å². The van der Waals surface area contributed by atoms with E-state index in [-0.39, 0.29) is 6.04 Å². The summed E-state index contributed by atoms with van der Waals surface area (Å²) in [4.78, 5) is 24.9. The number of amides is 2. The van der Waals surface area contributed by atoms with Gasteiger partial charge < -0.3 is 20.9 Å². The molecule has 4 N–H and O–H groups in total. The zero-order chi connectivity index (χ0) is 18.1. The Morgan fingerprint density at radius 3 is 2.81 bits per heavy atom. The van der Waals surface area contributed by atoms with Crippen molar-refractivity contribution in [1.29, 1.82) is 0 Å². The minimum Gasteiger partial charge on any atom is -0.356 e. The third kappa shape index (κ3) is 3.17. The lowest BCUT2D eigenvalue weighted by molar-refractivity contribution is 0.242. The van der Waals surface area contributed by atoms with Crippen LogP contribution in [0.5, 0.6) is 0 Å². The fourth-order valence-corrected chi connectivity index (χ4v) is 3.32. The lowest BCUT2D eigenvalue weighted by Gasteiger charge is -2.33. The molecule has 0 unspecified atom stereocenters. The summed E-state index contributed by atoms with van der Waals surface area (Å²) >= 11 is 0. The van der Waals surface area contributed by atoms with Crippen LogP contribution in [-0.4, -0.2) is 40.1 Å². The third-order valence-electron chi connectivity index (χ3n) is 4.65. The molecule has 1 aromatic carbocycles. The highest BCUT2D eigenvalue weighted by Gasteiger charge is 2.22. The molecule has 2 amide bonds. The average Bonchev–Trinajstić information content (AvgIpc) is 3.06. The first-order chi connectivity index (χ1) is 12.6. The minimum absolute atomic E-state index is 0.0686. The maximum Gasteiger partial charge on any atom is 0.312 e. The van der Waals surface area contributed by atoms with Gasteiger partial charge in [0.2, 0.25) is 0 Å². The summed E-state index contributed by atoms with van der Waals surface area (Å²) in [7, 11) is 0. The summed E-state index contributed by atoms with van der Waals surface area (Å²) in [5, 5.41) is 2.73. The number of hydrogen-bond acceptors (Lipinski definition) is 4. The van der Waals surface area contributed by atoms with Crippen molar-refractivity contribution >= 4 is 22.9 Å². The van der Waals surface area contributed by atoms with Crippen molar-refractivity contribution in [3.05, 3.63) is 42.3 Å². The van der Waals surface area contributed by atoms with E-state index in [1.165, 1.54) is 6.20 Å². The number of nitrogens with two attached hydrogens (primary N) is 1. The van der Waals surface area contributed by atoms with Crippen LogP contribution in [0, 0.1) is 5.82 Å². The predicted molar refractivity (Wildman–Crippen MR) is 97.2 cm³/mol. The number of carbonyl (C=O) groups is 1. The number of aromatic amines is 1. The van der Waals surface area contributed by atoms with Crippen LogP contribution >= 0.6 is 0 Å². The molecule has 8 heteroatoms. The topological polar surface area (TPSA) is 99.9 Å². The fourth-order valence-electron chi connectivity index (χ4n) is 3.32. The SMILES string of the molecule is NC(=O)NC1CCN(c2cc(-c3nc4ccccc4[nH]3)c(F)cn2)CC1. The summed E-state index contributed by atoms with van der Waals surface area (Å²) in [5.41, 5.74) is 7.22. The number of nitrogens with zero attached hydrogens (tertiary/aromatic N) is 3. The lowest BCUT2D eigenvalue weighted by atomic mass is 10.1. The van der Waals surface area contributed by atoms with Gasteiger partial charge in [-0.05, 0) is 31.0 Å². The molecule has 0 saturated carbocycles. The highest BCUT2D eigenvalue weighted by atomic mass is 19.1. The number of aromatic nitrogens is 3. The van der Waals surface area contributed by atoms with Crippen molar-refractivity contribution in [2.75, 3.05) is 18.0 Å². The Kier molecular flexibility index (Phi) is 4.16. The van der Waals surface area contributed by atoms with Crippen molar-refractivity contribution in [2.45, 2.75) is 18.9 Å². The molecular formula is C18H19FN6O. The van der Waals surface area contributed by atoms with Crippen LogP contribution in [-0.2, 0) is 0 Å². The summed E-state index contributed by atoms with van der Waals surface area (Å²) in [6.45, 7) is 1.42. The van der Waals surface area contributed by atoms with Gasteiger partial charge in [0, 0.05) is 19.1 Å². The Morgan fingerprint density at radius 1 is 1.31 bits per heavy atom. The Morgan fingerprint density at radius 2 is 2.08 bits per heavy atom. The normalized spacial score (nSPS) is 15.3. The number of nitrogens with one attached hydrogen (secondary N) is 2. The number of urea groups is 1. The Hall–Kier alpha value is -3.16. The van der Waals surface area contributed by atoms with Crippen molar-refractivity contribution in [3.8, 4) is 11.4 Å². The van der Waals surface area contributed by atoms with Gasteiger partial charge >= 0.3 is 6.03 Å². The second-order valence-electron chi connectivity index (χ2n) is 6.39. The zero-order valence-corrected chi connectivity index (χ0v) is 14.1. The van der Waals surface area contributed by atoms with E-state index in [4.69, 9.17) is 5.73 Å². The van der Waals surface area contributed by atoms with Crippen LogP contribution in [0.4, 0.5) is 15.0 Å². The summed E-state index contributed by atoms with van der Waals surface area (Å²) in [5.74, 6) is 0.759. The number of pyridine rings is 1. The third-order valence-corrected chi connectivity index (χ3v) is 4.65. The molecule has 1 aliphatic heterocycles. The summed E-state index contributed by atoms with van der Waals surface area (Å²) in [6, 6.07) is 8.87. The molecule has 2 aromatic heterocycles. The van der Waals surface area contributed by atoms with Gasteiger partial charge in [-0.2, -0.15) is 0 Å². The number of piperidine rings is 1. The van der Waals surface area contributed by atoms with E-state index in [1.807, 2.05) is 24.3 Å². The van der Waals surface area contributed by atoms with E-state index < -0.39 is 11.8 Å². The monoisotopic (exact) mass is 354 g/mol. The molecule has 0 spiro atoms. The highest BCUT2D eigenvalue weighted by molar-refractivity contribution is 5.79. The first-order valence-corrected chi connectivity index (χ1v) is 8.52. The number of imidazole rings is 1. The molecule has 0 radical (unpaired) electrons. The van der Waals surface area contributed by atoms with Crippen LogP contribution < -0.4 is 16.0 Å². The van der Waals surface area contributed by atoms with Crippen molar-refractivity contribution in [2.24, 2.45) is 5.73 Å². The number of hydrogen-bond donors (Lipinski definition) is 3. The first-order valence-electron chi connectivity index (χ1n) is 8.52. The number of fused-ring (bicyclic) bond motifs is 1. The van der Waals surface area contributed by atoms with Gasteiger partial charge in [0.25, 0.3) is 0 Å². The highest BCUT2D eigenvalue weighted by Crippen LogP contribution is 2.27. The van der Waals surface area contributed by atoms with Crippen molar-refractivity contribution in [1.82, 2.24) is 20.3 Å². The van der Waals surface area contributed by atoms with E-state index in [1.54, 1.807) is 6.07 Å². The number of benzene rings is 1. The number of anilines is 1. The molecule has 7 nitrogen and oxygen atoms in total. The minimum atomic E-state index is -0.504. The number of rotatable bonds is 3. The Bertz CT molecular complexity index is 915. The summed E-state index contributed by atoms with van der Waals surface area (Å²) < 4.78 is 14.4. The molecule has 26 heavy (non-hydrogen) atoms. The first kappa shape index (κ1) is 16.3. The molecule has 1 fully saturated rings. The molecule has 1 saturated heterocycles. The number of H-pyrrole nitrogens is 1. The molecule has 0 aliphatic carbocycles. The second-order valence-corrected chi connectivity index (χ2v) is 6.39. The van der Waals surface area contributed by atoms with Crippen LogP contribution in [0.3, 0.4) is 0 Å². The fraction of sp³-hybridized carbons (Fsp3) is 0.278. The van der Waals surface area contributed by atoms with Gasteiger partial charge in [-0.3, -0.25) is 0 Å². The molecule has 134 valence electrons. The van der Waals surface area contributed by atoms with E-state index in [2.05, 4.69) is 25.2 Å². The molecule has 4 rings (SSSR count). The molecule has 3 heterocycles. The number of para-hydroxylation sites is 2. The van der Waals surface area contributed by atoms with Crippen LogP contribution in [0.15, 0.2) is 36.5 Å². The van der Waals surface area contributed by atoms with E-state index >= 15 is 0 Å².